The largest absolute Gasteiger partial charge is 0.494 e. The van der Waals surface area contributed by atoms with Crippen molar-refractivity contribution in [2.45, 2.75) is 57.5 Å². The van der Waals surface area contributed by atoms with Crippen molar-refractivity contribution >= 4 is 0 Å². The van der Waals surface area contributed by atoms with Crippen LogP contribution in [0.15, 0.2) is 11.3 Å². The molecular weight excluding hydrogens is 160 g/mol. The molecule has 2 aliphatic carbocycles. The summed E-state index contributed by atoms with van der Waals surface area (Å²) in [5, 5.41) is 0. The molecule has 0 spiro atoms. The number of fused-ring (bicyclic) bond motifs is 2. The van der Waals surface area contributed by atoms with Crippen molar-refractivity contribution in [1.82, 2.24) is 0 Å². The zero-order valence-corrected chi connectivity index (χ0v) is 8.22. The Balaban J connectivity index is 1.85. The molecule has 1 heterocycles. The Morgan fingerprint density at radius 1 is 0.923 bits per heavy atom. The molecule has 13 heavy (non-hydrogen) atoms. The van der Waals surface area contributed by atoms with Crippen LogP contribution in [0.3, 0.4) is 0 Å². The van der Waals surface area contributed by atoms with Gasteiger partial charge >= 0.3 is 0 Å². The van der Waals surface area contributed by atoms with Gasteiger partial charge in [0, 0.05) is 12.3 Å². The van der Waals surface area contributed by atoms with Gasteiger partial charge in [0.05, 0.1) is 5.76 Å². The van der Waals surface area contributed by atoms with E-state index in [1.54, 1.807) is 5.57 Å². The van der Waals surface area contributed by atoms with Crippen LogP contribution in [0.5, 0.6) is 0 Å². The molecule has 72 valence electrons. The lowest BCUT2D eigenvalue weighted by Gasteiger charge is -2.25. The minimum Gasteiger partial charge on any atom is -0.494 e. The summed E-state index contributed by atoms with van der Waals surface area (Å²) in [5.74, 6) is 2.24. The molecule has 1 aliphatic heterocycles. The van der Waals surface area contributed by atoms with Gasteiger partial charge in [-0.25, -0.2) is 0 Å². The highest BCUT2D eigenvalue weighted by Gasteiger charge is 2.38. The molecule has 3 rings (SSSR count). The highest BCUT2D eigenvalue weighted by molar-refractivity contribution is 5.22. The molecule has 3 aliphatic rings. The third-order valence-electron chi connectivity index (χ3n) is 3.90. The lowest BCUT2D eigenvalue weighted by Crippen LogP contribution is -2.22. The van der Waals surface area contributed by atoms with Gasteiger partial charge in [0.1, 0.15) is 6.10 Å². The van der Waals surface area contributed by atoms with Crippen molar-refractivity contribution in [3.05, 3.63) is 11.3 Å². The van der Waals surface area contributed by atoms with E-state index < -0.39 is 0 Å². The predicted molar refractivity (Wildman–Crippen MR) is 52.3 cm³/mol. The molecule has 1 nitrogen and oxygen atoms in total. The number of hydrogen-bond acceptors (Lipinski definition) is 1. The van der Waals surface area contributed by atoms with Crippen molar-refractivity contribution in [2.24, 2.45) is 5.92 Å². The van der Waals surface area contributed by atoms with Crippen LogP contribution in [0.25, 0.3) is 0 Å². The standard InChI is InChI=1S/C12H18O/c1-3-7-11-9(5-1)10-6-2-4-8-12(10)13-11/h9,11H,1-8H2. The first kappa shape index (κ1) is 7.90. The first-order chi connectivity index (χ1) is 6.45. The van der Waals surface area contributed by atoms with E-state index in [9.17, 15) is 0 Å². The molecule has 0 amide bonds. The fourth-order valence-corrected chi connectivity index (χ4v) is 3.25. The van der Waals surface area contributed by atoms with E-state index in [1.807, 2.05) is 0 Å². The Kier molecular flexibility index (Phi) is 1.85. The monoisotopic (exact) mass is 178 g/mol. The first-order valence-electron chi connectivity index (χ1n) is 5.84. The van der Waals surface area contributed by atoms with Gasteiger partial charge in [0.15, 0.2) is 0 Å². The van der Waals surface area contributed by atoms with Gasteiger partial charge < -0.3 is 4.74 Å². The van der Waals surface area contributed by atoms with Gasteiger partial charge in [-0.3, -0.25) is 0 Å². The van der Waals surface area contributed by atoms with E-state index in [1.165, 1.54) is 57.1 Å². The van der Waals surface area contributed by atoms with Gasteiger partial charge in [0.2, 0.25) is 0 Å². The van der Waals surface area contributed by atoms with Gasteiger partial charge in [0.25, 0.3) is 0 Å². The summed E-state index contributed by atoms with van der Waals surface area (Å²) < 4.78 is 6.05. The Morgan fingerprint density at radius 2 is 1.77 bits per heavy atom. The quantitative estimate of drug-likeness (QED) is 0.552. The Morgan fingerprint density at radius 3 is 2.77 bits per heavy atom. The molecule has 1 fully saturated rings. The first-order valence-corrected chi connectivity index (χ1v) is 5.84. The van der Waals surface area contributed by atoms with E-state index in [-0.39, 0.29) is 0 Å². The van der Waals surface area contributed by atoms with Crippen LogP contribution in [-0.4, -0.2) is 6.10 Å². The zero-order chi connectivity index (χ0) is 8.67. The third-order valence-corrected chi connectivity index (χ3v) is 3.90. The van der Waals surface area contributed by atoms with Crippen LogP contribution in [0.2, 0.25) is 0 Å². The van der Waals surface area contributed by atoms with Crippen LogP contribution >= 0.6 is 0 Å². The molecule has 1 heteroatoms. The molecule has 0 aromatic heterocycles. The van der Waals surface area contributed by atoms with Crippen molar-refractivity contribution in [3.8, 4) is 0 Å². The molecule has 0 radical (unpaired) electrons. The summed E-state index contributed by atoms with van der Waals surface area (Å²) in [6.45, 7) is 0. The van der Waals surface area contributed by atoms with Crippen LogP contribution < -0.4 is 0 Å². The predicted octanol–water partition coefficient (Wildman–Crippen LogP) is 3.40. The van der Waals surface area contributed by atoms with E-state index in [4.69, 9.17) is 4.74 Å². The number of ether oxygens (including phenoxy) is 1. The minimum atomic E-state index is 0.594. The van der Waals surface area contributed by atoms with Crippen molar-refractivity contribution in [3.63, 3.8) is 0 Å². The molecule has 0 aromatic rings. The van der Waals surface area contributed by atoms with Gasteiger partial charge in [-0.15, -0.1) is 0 Å². The zero-order valence-electron chi connectivity index (χ0n) is 8.22. The summed E-state index contributed by atoms with van der Waals surface area (Å²) in [4.78, 5) is 0. The maximum absolute atomic E-state index is 6.05. The molecule has 0 aromatic carbocycles. The second kappa shape index (κ2) is 3.04. The SMILES string of the molecule is C1CCC2=C(C1)OC1CCCCC21. The lowest BCUT2D eigenvalue weighted by atomic mass is 9.79. The number of allylic oxidation sites excluding steroid dienone is 1. The maximum Gasteiger partial charge on any atom is 0.105 e. The highest BCUT2D eigenvalue weighted by atomic mass is 16.5. The maximum atomic E-state index is 6.05. The Hall–Kier alpha value is -0.460. The summed E-state index contributed by atoms with van der Waals surface area (Å²) in [6, 6.07) is 0. The summed E-state index contributed by atoms with van der Waals surface area (Å²) >= 11 is 0. The topological polar surface area (TPSA) is 9.23 Å². The lowest BCUT2D eigenvalue weighted by molar-refractivity contribution is 0.0782. The van der Waals surface area contributed by atoms with Crippen molar-refractivity contribution in [1.29, 1.82) is 0 Å². The van der Waals surface area contributed by atoms with Crippen molar-refractivity contribution < 1.29 is 4.74 Å². The highest BCUT2D eigenvalue weighted by Crippen LogP contribution is 2.45. The fraction of sp³-hybridized carbons (Fsp3) is 0.833. The molecule has 2 unspecified atom stereocenters. The molecule has 1 saturated carbocycles. The molecule has 0 N–H and O–H groups in total. The second-order valence-electron chi connectivity index (χ2n) is 4.70. The smallest absolute Gasteiger partial charge is 0.105 e. The number of rotatable bonds is 0. The second-order valence-corrected chi connectivity index (χ2v) is 4.70. The van der Waals surface area contributed by atoms with Gasteiger partial charge in [-0.05, 0) is 44.1 Å². The van der Waals surface area contributed by atoms with E-state index in [0.717, 1.165) is 5.92 Å². The normalized spacial score (nSPS) is 38.2. The van der Waals surface area contributed by atoms with Gasteiger partial charge in [-0.2, -0.15) is 0 Å². The summed E-state index contributed by atoms with van der Waals surface area (Å²) in [6.07, 6.45) is 11.5. The molecular formula is C12H18O. The number of hydrogen-bond donors (Lipinski definition) is 0. The molecule has 0 bridgehead atoms. The van der Waals surface area contributed by atoms with Crippen molar-refractivity contribution in [2.75, 3.05) is 0 Å². The minimum absolute atomic E-state index is 0.594. The van der Waals surface area contributed by atoms with Gasteiger partial charge in [-0.1, -0.05) is 6.42 Å². The van der Waals surface area contributed by atoms with Crippen LogP contribution in [0, 0.1) is 5.92 Å². The molecule has 0 saturated heterocycles. The Bertz CT molecular complexity index is 242. The average molecular weight is 178 g/mol. The van der Waals surface area contributed by atoms with Crippen LogP contribution in [-0.2, 0) is 4.74 Å². The Labute approximate surface area is 80.2 Å². The average Bonchev–Trinajstić information content (AvgIpc) is 2.56. The van der Waals surface area contributed by atoms with E-state index in [2.05, 4.69) is 0 Å². The fourth-order valence-electron chi connectivity index (χ4n) is 3.25. The third kappa shape index (κ3) is 1.20. The van der Waals surface area contributed by atoms with E-state index >= 15 is 0 Å². The summed E-state index contributed by atoms with van der Waals surface area (Å²) in [7, 11) is 0. The summed E-state index contributed by atoms with van der Waals surface area (Å²) in [5.41, 5.74) is 1.72. The van der Waals surface area contributed by atoms with E-state index in [0.29, 0.717) is 6.10 Å². The molecule has 2 atom stereocenters. The van der Waals surface area contributed by atoms with Crippen LogP contribution in [0.1, 0.15) is 51.4 Å². The van der Waals surface area contributed by atoms with Crippen LogP contribution in [0.4, 0.5) is 0 Å².